The van der Waals surface area contributed by atoms with E-state index in [1.807, 2.05) is 55.0 Å². The predicted molar refractivity (Wildman–Crippen MR) is 88.5 cm³/mol. The summed E-state index contributed by atoms with van der Waals surface area (Å²) >= 11 is 3.57. The number of benzene rings is 2. The van der Waals surface area contributed by atoms with E-state index in [0.717, 1.165) is 27.0 Å². The molecule has 0 spiro atoms. The van der Waals surface area contributed by atoms with E-state index in [1.165, 1.54) is 0 Å². The second-order valence-electron chi connectivity index (χ2n) is 4.96. The summed E-state index contributed by atoms with van der Waals surface area (Å²) in [5.41, 5.74) is 10.7. The minimum atomic E-state index is -0.202. The maximum Gasteiger partial charge on any atom is 0.0994 e. The Balaban J connectivity index is 2.08. The van der Waals surface area contributed by atoms with Crippen LogP contribution in [-0.4, -0.2) is 9.55 Å². The maximum atomic E-state index is 6.41. The van der Waals surface area contributed by atoms with E-state index >= 15 is 0 Å². The Labute approximate surface area is 132 Å². The number of aromatic nitrogens is 2. The summed E-state index contributed by atoms with van der Waals surface area (Å²) in [6.07, 6.45) is 3.64. The first-order valence-corrected chi connectivity index (χ1v) is 7.56. The summed E-state index contributed by atoms with van der Waals surface area (Å²) in [5.74, 6) is 0. The van der Waals surface area contributed by atoms with Gasteiger partial charge in [-0.3, -0.25) is 0 Å². The van der Waals surface area contributed by atoms with Crippen LogP contribution in [0.1, 0.15) is 22.9 Å². The van der Waals surface area contributed by atoms with E-state index in [1.54, 1.807) is 0 Å². The lowest BCUT2D eigenvalue weighted by Gasteiger charge is -2.17. The molecule has 0 bridgehead atoms. The SMILES string of the molecule is Cc1c(Br)cccc1-n1cncc1C(N)c1ccccc1. The zero-order valence-electron chi connectivity index (χ0n) is 11.7. The van der Waals surface area contributed by atoms with E-state index in [9.17, 15) is 0 Å². The number of rotatable bonds is 3. The molecule has 0 saturated heterocycles. The summed E-state index contributed by atoms with van der Waals surface area (Å²) in [4.78, 5) is 4.28. The molecule has 2 N–H and O–H groups in total. The fourth-order valence-corrected chi connectivity index (χ4v) is 2.78. The lowest BCUT2D eigenvalue weighted by Crippen LogP contribution is -2.16. The fourth-order valence-electron chi connectivity index (χ4n) is 2.42. The van der Waals surface area contributed by atoms with Gasteiger partial charge in [0, 0.05) is 4.47 Å². The highest BCUT2D eigenvalue weighted by Gasteiger charge is 2.16. The second-order valence-corrected chi connectivity index (χ2v) is 5.82. The van der Waals surface area contributed by atoms with Crippen molar-refractivity contribution in [3.63, 3.8) is 0 Å². The average molecular weight is 342 g/mol. The van der Waals surface area contributed by atoms with Gasteiger partial charge in [0.25, 0.3) is 0 Å². The molecule has 1 unspecified atom stereocenters. The van der Waals surface area contributed by atoms with Gasteiger partial charge in [-0.05, 0) is 30.2 Å². The van der Waals surface area contributed by atoms with Crippen LogP contribution < -0.4 is 5.73 Å². The predicted octanol–water partition coefficient (Wildman–Crippen LogP) is 3.99. The minimum absolute atomic E-state index is 0.202. The first-order valence-electron chi connectivity index (χ1n) is 6.76. The van der Waals surface area contributed by atoms with Crippen LogP contribution in [-0.2, 0) is 0 Å². The smallest absolute Gasteiger partial charge is 0.0994 e. The fraction of sp³-hybridized carbons (Fsp3) is 0.118. The minimum Gasteiger partial charge on any atom is -0.319 e. The molecule has 3 aromatic rings. The molecule has 106 valence electrons. The molecule has 3 rings (SSSR count). The molecule has 0 fully saturated rings. The van der Waals surface area contributed by atoms with Crippen LogP contribution >= 0.6 is 15.9 Å². The van der Waals surface area contributed by atoms with E-state index in [-0.39, 0.29) is 6.04 Å². The molecule has 0 aliphatic rings. The third-order valence-electron chi connectivity index (χ3n) is 3.64. The van der Waals surface area contributed by atoms with Gasteiger partial charge in [-0.1, -0.05) is 52.3 Å². The molecule has 4 heteroatoms. The van der Waals surface area contributed by atoms with Gasteiger partial charge >= 0.3 is 0 Å². The van der Waals surface area contributed by atoms with Gasteiger partial charge in [0.2, 0.25) is 0 Å². The van der Waals surface area contributed by atoms with E-state index in [0.29, 0.717) is 0 Å². The number of imidazole rings is 1. The Morgan fingerprint density at radius 1 is 1.10 bits per heavy atom. The Bertz CT molecular complexity index is 750. The van der Waals surface area contributed by atoms with Crippen molar-refractivity contribution in [2.75, 3.05) is 0 Å². The summed E-state index contributed by atoms with van der Waals surface area (Å²) in [6, 6.07) is 16.0. The highest BCUT2D eigenvalue weighted by atomic mass is 79.9. The van der Waals surface area contributed by atoms with Gasteiger partial charge < -0.3 is 10.3 Å². The van der Waals surface area contributed by atoms with Crippen molar-refractivity contribution in [2.45, 2.75) is 13.0 Å². The van der Waals surface area contributed by atoms with Crippen LogP contribution in [0.4, 0.5) is 0 Å². The van der Waals surface area contributed by atoms with Gasteiger partial charge in [-0.25, -0.2) is 4.98 Å². The van der Waals surface area contributed by atoms with Crippen molar-refractivity contribution >= 4 is 15.9 Å². The number of nitrogens with zero attached hydrogens (tertiary/aromatic N) is 2. The monoisotopic (exact) mass is 341 g/mol. The lowest BCUT2D eigenvalue weighted by atomic mass is 10.0. The van der Waals surface area contributed by atoms with E-state index < -0.39 is 0 Å². The largest absolute Gasteiger partial charge is 0.319 e. The van der Waals surface area contributed by atoms with Crippen molar-refractivity contribution < 1.29 is 0 Å². The van der Waals surface area contributed by atoms with Gasteiger partial charge in [0.15, 0.2) is 0 Å². The Morgan fingerprint density at radius 2 is 1.86 bits per heavy atom. The molecule has 1 atom stereocenters. The van der Waals surface area contributed by atoms with Crippen molar-refractivity contribution in [3.05, 3.63) is 82.3 Å². The van der Waals surface area contributed by atoms with Gasteiger partial charge in [0.1, 0.15) is 0 Å². The van der Waals surface area contributed by atoms with Gasteiger partial charge in [-0.2, -0.15) is 0 Å². The number of hydrogen-bond donors (Lipinski definition) is 1. The van der Waals surface area contributed by atoms with Gasteiger partial charge in [0.05, 0.1) is 29.9 Å². The van der Waals surface area contributed by atoms with Gasteiger partial charge in [-0.15, -0.1) is 0 Å². The molecule has 1 heterocycles. The third-order valence-corrected chi connectivity index (χ3v) is 4.50. The zero-order valence-corrected chi connectivity index (χ0v) is 13.3. The summed E-state index contributed by atoms with van der Waals surface area (Å²) in [7, 11) is 0. The first kappa shape index (κ1) is 14.0. The molecule has 0 amide bonds. The van der Waals surface area contributed by atoms with Crippen LogP contribution in [0.2, 0.25) is 0 Å². The average Bonchev–Trinajstić information content (AvgIpc) is 2.99. The standard InChI is InChI=1S/C17H16BrN3/c1-12-14(18)8-5-9-15(12)21-11-20-10-16(21)17(19)13-6-3-2-4-7-13/h2-11,17H,19H2,1H3. The normalized spacial score (nSPS) is 12.3. The lowest BCUT2D eigenvalue weighted by molar-refractivity contribution is 0.791. The quantitative estimate of drug-likeness (QED) is 0.782. The molecule has 0 radical (unpaired) electrons. The summed E-state index contributed by atoms with van der Waals surface area (Å²) < 4.78 is 3.13. The Kier molecular flexibility index (Phi) is 3.90. The second kappa shape index (κ2) is 5.84. The third kappa shape index (κ3) is 2.64. The molecule has 2 aromatic carbocycles. The number of nitrogens with two attached hydrogens (primary N) is 1. The van der Waals surface area contributed by atoms with Crippen LogP contribution in [0.15, 0.2) is 65.5 Å². The first-order chi connectivity index (χ1) is 10.2. The van der Waals surface area contributed by atoms with Crippen molar-refractivity contribution in [1.29, 1.82) is 0 Å². The van der Waals surface area contributed by atoms with Crippen molar-refractivity contribution in [2.24, 2.45) is 5.73 Å². The number of halogens is 1. The Hall–Kier alpha value is -1.91. The summed E-state index contributed by atoms with van der Waals surface area (Å²) in [6.45, 7) is 2.08. The van der Waals surface area contributed by atoms with Crippen LogP contribution in [0.25, 0.3) is 5.69 Å². The zero-order chi connectivity index (χ0) is 14.8. The molecule has 1 aromatic heterocycles. The van der Waals surface area contributed by atoms with Crippen LogP contribution in [0.3, 0.4) is 0 Å². The van der Waals surface area contributed by atoms with E-state index in [4.69, 9.17) is 5.73 Å². The van der Waals surface area contributed by atoms with Crippen LogP contribution in [0.5, 0.6) is 0 Å². The van der Waals surface area contributed by atoms with Crippen molar-refractivity contribution in [1.82, 2.24) is 9.55 Å². The Morgan fingerprint density at radius 3 is 2.62 bits per heavy atom. The van der Waals surface area contributed by atoms with Crippen LogP contribution in [0, 0.1) is 6.92 Å². The molecule has 0 aliphatic carbocycles. The van der Waals surface area contributed by atoms with Crippen molar-refractivity contribution in [3.8, 4) is 5.69 Å². The molecule has 0 aliphatic heterocycles. The maximum absolute atomic E-state index is 6.41. The molecule has 3 nitrogen and oxygen atoms in total. The highest BCUT2D eigenvalue weighted by molar-refractivity contribution is 9.10. The topological polar surface area (TPSA) is 43.8 Å². The molecule has 0 saturated carbocycles. The highest BCUT2D eigenvalue weighted by Crippen LogP contribution is 2.27. The molecular formula is C17H16BrN3. The molecular weight excluding hydrogens is 326 g/mol. The molecule has 21 heavy (non-hydrogen) atoms. The summed E-state index contributed by atoms with van der Waals surface area (Å²) in [5, 5.41) is 0. The van der Waals surface area contributed by atoms with E-state index in [2.05, 4.69) is 38.5 Å². The number of hydrogen-bond acceptors (Lipinski definition) is 2.